The van der Waals surface area contributed by atoms with Crippen LogP contribution in [0.1, 0.15) is 11.1 Å². The van der Waals surface area contributed by atoms with Crippen molar-refractivity contribution in [2.24, 2.45) is 5.73 Å². The predicted molar refractivity (Wildman–Crippen MR) is 58.7 cm³/mol. The molecule has 0 aromatic heterocycles. The first-order valence-corrected chi connectivity index (χ1v) is 5.24. The maximum absolute atomic E-state index is 5.83. The summed E-state index contributed by atoms with van der Waals surface area (Å²) in [5, 5.41) is 0. The maximum Gasteiger partial charge on any atom is 0.129 e. The van der Waals surface area contributed by atoms with Crippen molar-refractivity contribution in [3.05, 3.63) is 35.4 Å². The molecule has 1 aromatic rings. The first-order valence-electron chi connectivity index (χ1n) is 5.24. The summed E-state index contributed by atoms with van der Waals surface area (Å²) in [6.45, 7) is 1.69. The smallest absolute Gasteiger partial charge is 0.129 e. The van der Waals surface area contributed by atoms with E-state index in [0.717, 1.165) is 13.0 Å². The zero-order chi connectivity index (χ0) is 10.7. The molecule has 2 rings (SSSR count). The summed E-state index contributed by atoms with van der Waals surface area (Å²) in [4.78, 5) is 0. The Kier molecular flexibility index (Phi) is 3.05. The zero-order valence-corrected chi connectivity index (χ0v) is 9.03. The van der Waals surface area contributed by atoms with Gasteiger partial charge >= 0.3 is 0 Å². The van der Waals surface area contributed by atoms with Gasteiger partial charge in [0.2, 0.25) is 0 Å². The van der Waals surface area contributed by atoms with Crippen LogP contribution in [0.4, 0.5) is 0 Å². The molecule has 0 spiro atoms. The van der Waals surface area contributed by atoms with Crippen LogP contribution < -0.4 is 5.73 Å². The highest BCUT2D eigenvalue weighted by atomic mass is 16.5. The molecule has 0 fully saturated rings. The third kappa shape index (κ3) is 1.78. The Labute approximate surface area is 90.2 Å². The molecule has 0 saturated heterocycles. The van der Waals surface area contributed by atoms with Gasteiger partial charge in [-0.05, 0) is 17.5 Å². The largest absolute Gasteiger partial charge is 0.381 e. The zero-order valence-electron chi connectivity index (χ0n) is 9.03. The van der Waals surface area contributed by atoms with E-state index in [1.54, 1.807) is 7.11 Å². The molecule has 3 nitrogen and oxygen atoms in total. The van der Waals surface area contributed by atoms with Crippen LogP contribution in [0.3, 0.4) is 0 Å². The average molecular weight is 207 g/mol. The molecule has 0 bridgehead atoms. The van der Waals surface area contributed by atoms with E-state index in [4.69, 9.17) is 15.2 Å². The van der Waals surface area contributed by atoms with Crippen LogP contribution in [-0.4, -0.2) is 26.9 Å². The van der Waals surface area contributed by atoms with Crippen molar-refractivity contribution in [2.45, 2.75) is 12.0 Å². The minimum atomic E-state index is -0.441. The van der Waals surface area contributed by atoms with Crippen LogP contribution >= 0.6 is 0 Å². The SMILES string of the molecule is COCC1(CN)OCCc2ccccc21. The van der Waals surface area contributed by atoms with Crippen LogP contribution in [0.5, 0.6) is 0 Å². The Hall–Kier alpha value is -0.900. The van der Waals surface area contributed by atoms with Crippen molar-refractivity contribution in [1.82, 2.24) is 0 Å². The Morgan fingerprint density at radius 1 is 1.47 bits per heavy atom. The van der Waals surface area contributed by atoms with Crippen LogP contribution in [0.15, 0.2) is 24.3 Å². The van der Waals surface area contributed by atoms with E-state index in [2.05, 4.69) is 18.2 Å². The quantitative estimate of drug-likeness (QED) is 0.806. The molecule has 82 valence electrons. The molecule has 1 heterocycles. The highest BCUT2D eigenvalue weighted by Crippen LogP contribution is 2.32. The molecule has 0 saturated carbocycles. The van der Waals surface area contributed by atoms with E-state index in [0.29, 0.717) is 13.2 Å². The van der Waals surface area contributed by atoms with Crippen LogP contribution in [-0.2, 0) is 21.5 Å². The Morgan fingerprint density at radius 3 is 3.00 bits per heavy atom. The van der Waals surface area contributed by atoms with Gasteiger partial charge in [0.1, 0.15) is 5.60 Å². The fourth-order valence-electron chi connectivity index (χ4n) is 2.20. The molecule has 15 heavy (non-hydrogen) atoms. The van der Waals surface area contributed by atoms with Gasteiger partial charge in [0.05, 0.1) is 13.2 Å². The van der Waals surface area contributed by atoms with Gasteiger partial charge < -0.3 is 15.2 Å². The molecule has 1 aliphatic heterocycles. The number of ether oxygens (including phenoxy) is 2. The lowest BCUT2D eigenvalue weighted by Gasteiger charge is -2.37. The summed E-state index contributed by atoms with van der Waals surface area (Å²) in [5.74, 6) is 0. The van der Waals surface area contributed by atoms with E-state index >= 15 is 0 Å². The Morgan fingerprint density at radius 2 is 2.27 bits per heavy atom. The van der Waals surface area contributed by atoms with Gasteiger partial charge in [-0.25, -0.2) is 0 Å². The molecule has 3 heteroatoms. The normalized spacial score (nSPS) is 24.9. The number of fused-ring (bicyclic) bond motifs is 1. The van der Waals surface area contributed by atoms with Crippen LogP contribution in [0.25, 0.3) is 0 Å². The topological polar surface area (TPSA) is 44.5 Å². The van der Waals surface area contributed by atoms with Crippen LogP contribution in [0.2, 0.25) is 0 Å². The second kappa shape index (κ2) is 4.31. The van der Waals surface area contributed by atoms with E-state index in [-0.39, 0.29) is 0 Å². The minimum absolute atomic E-state index is 0.441. The van der Waals surface area contributed by atoms with Crippen molar-refractivity contribution in [3.63, 3.8) is 0 Å². The highest BCUT2D eigenvalue weighted by Gasteiger charge is 2.36. The molecular formula is C12H17NO2. The first kappa shape index (κ1) is 10.6. The van der Waals surface area contributed by atoms with Crippen molar-refractivity contribution in [1.29, 1.82) is 0 Å². The fraction of sp³-hybridized carbons (Fsp3) is 0.500. The Balaban J connectivity index is 2.42. The highest BCUT2D eigenvalue weighted by molar-refractivity contribution is 5.35. The van der Waals surface area contributed by atoms with Gasteiger partial charge in [0, 0.05) is 13.7 Å². The number of rotatable bonds is 3. The molecule has 0 amide bonds. The van der Waals surface area contributed by atoms with Gasteiger partial charge in [-0.3, -0.25) is 0 Å². The molecular weight excluding hydrogens is 190 g/mol. The van der Waals surface area contributed by atoms with E-state index in [1.807, 2.05) is 6.07 Å². The van der Waals surface area contributed by atoms with Gasteiger partial charge in [0.25, 0.3) is 0 Å². The summed E-state index contributed by atoms with van der Waals surface area (Å²) < 4.78 is 11.1. The molecule has 1 atom stereocenters. The van der Waals surface area contributed by atoms with E-state index in [1.165, 1.54) is 11.1 Å². The molecule has 1 unspecified atom stereocenters. The second-order valence-electron chi connectivity index (χ2n) is 3.89. The van der Waals surface area contributed by atoms with E-state index in [9.17, 15) is 0 Å². The molecule has 1 aliphatic rings. The summed E-state index contributed by atoms with van der Waals surface area (Å²) in [6.07, 6.45) is 0.960. The molecule has 0 aliphatic carbocycles. The number of hydrogen-bond donors (Lipinski definition) is 1. The Bertz CT molecular complexity index is 340. The molecule has 2 N–H and O–H groups in total. The lowest BCUT2D eigenvalue weighted by Crippen LogP contribution is -2.45. The lowest BCUT2D eigenvalue weighted by molar-refractivity contribution is -0.0963. The summed E-state index contributed by atoms with van der Waals surface area (Å²) in [5.41, 5.74) is 7.90. The third-order valence-electron chi connectivity index (χ3n) is 2.97. The molecule has 0 radical (unpaired) electrons. The molecule has 1 aromatic carbocycles. The summed E-state index contributed by atoms with van der Waals surface area (Å²) >= 11 is 0. The first-order chi connectivity index (χ1) is 7.32. The van der Waals surface area contributed by atoms with Gasteiger partial charge in [-0.2, -0.15) is 0 Å². The number of methoxy groups -OCH3 is 1. The van der Waals surface area contributed by atoms with Crippen molar-refractivity contribution >= 4 is 0 Å². The van der Waals surface area contributed by atoms with Crippen molar-refractivity contribution < 1.29 is 9.47 Å². The van der Waals surface area contributed by atoms with Gasteiger partial charge in [-0.15, -0.1) is 0 Å². The van der Waals surface area contributed by atoms with Crippen molar-refractivity contribution in [2.75, 3.05) is 26.9 Å². The van der Waals surface area contributed by atoms with Crippen LogP contribution in [0, 0.1) is 0 Å². The third-order valence-corrected chi connectivity index (χ3v) is 2.97. The van der Waals surface area contributed by atoms with Gasteiger partial charge in [-0.1, -0.05) is 24.3 Å². The maximum atomic E-state index is 5.83. The number of hydrogen-bond acceptors (Lipinski definition) is 3. The number of nitrogens with two attached hydrogens (primary N) is 1. The summed E-state index contributed by atoms with van der Waals surface area (Å²) in [7, 11) is 1.68. The van der Waals surface area contributed by atoms with Crippen molar-refractivity contribution in [3.8, 4) is 0 Å². The lowest BCUT2D eigenvalue weighted by atomic mass is 9.87. The van der Waals surface area contributed by atoms with Gasteiger partial charge in [0.15, 0.2) is 0 Å². The fourth-order valence-corrected chi connectivity index (χ4v) is 2.20. The monoisotopic (exact) mass is 207 g/mol. The number of benzene rings is 1. The predicted octanol–water partition coefficient (Wildman–Crippen LogP) is 1.06. The second-order valence-corrected chi connectivity index (χ2v) is 3.89. The van der Waals surface area contributed by atoms with E-state index < -0.39 is 5.60 Å². The standard InChI is InChI=1S/C12H17NO2/c1-14-9-12(8-13)11-5-3-2-4-10(11)6-7-15-12/h2-5H,6-9,13H2,1H3. The minimum Gasteiger partial charge on any atom is -0.381 e. The summed E-state index contributed by atoms with van der Waals surface area (Å²) in [6, 6.07) is 8.30. The average Bonchev–Trinajstić information content (AvgIpc) is 2.30.